The number of aryl methyl sites for hydroxylation is 3. The molecule has 3 heterocycles. The lowest BCUT2D eigenvalue weighted by molar-refractivity contribution is 0.0576. The van der Waals surface area contributed by atoms with Crippen LogP contribution in [-0.2, 0) is 6.54 Å². The average Bonchev–Trinajstić information content (AvgIpc) is 2.85. The predicted octanol–water partition coefficient (Wildman–Crippen LogP) is 2.29. The molecule has 0 saturated carbocycles. The first-order chi connectivity index (χ1) is 11.0. The molecule has 1 saturated heterocycles. The SMILES string of the molecule is Cc1cc(C)n(CC2CCCCN2C(=O)c2ccnc(C)n2)n1. The van der Waals surface area contributed by atoms with E-state index in [0.717, 1.165) is 43.7 Å². The van der Waals surface area contributed by atoms with Gasteiger partial charge >= 0.3 is 0 Å². The van der Waals surface area contributed by atoms with Gasteiger partial charge in [0.25, 0.3) is 5.91 Å². The number of amides is 1. The smallest absolute Gasteiger partial charge is 0.272 e. The first-order valence-electron chi connectivity index (χ1n) is 8.16. The fraction of sp³-hybridized carbons (Fsp3) is 0.529. The standard InChI is InChI=1S/C17H23N5O/c1-12-10-13(2)22(20-12)11-15-6-4-5-9-21(15)17(23)16-7-8-18-14(3)19-16/h7-8,10,15H,4-6,9,11H2,1-3H3. The molecule has 0 bridgehead atoms. The number of aromatic nitrogens is 4. The number of carbonyl (C=O) groups is 1. The molecule has 1 fully saturated rings. The highest BCUT2D eigenvalue weighted by Crippen LogP contribution is 2.21. The number of likely N-dealkylation sites (tertiary alicyclic amines) is 1. The lowest BCUT2D eigenvalue weighted by Gasteiger charge is -2.35. The molecule has 1 aliphatic heterocycles. The molecule has 0 aliphatic carbocycles. The van der Waals surface area contributed by atoms with Crippen molar-refractivity contribution in [3.05, 3.63) is 41.2 Å². The Morgan fingerprint density at radius 3 is 2.83 bits per heavy atom. The summed E-state index contributed by atoms with van der Waals surface area (Å²) in [4.78, 5) is 23.2. The number of piperidine rings is 1. The Morgan fingerprint density at radius 1 is 1.30 bits per heavy atom. The van der Waals surface area contributed by atoms with Gasteiger partial charge in [0.1, 0.15) is 11.5 Å². The van der Waals surface area contributed by atoms with Gasteiger partial charge in [-0.1, -0.05) is 0 Å². The third-order valence-corrected chi connectivity index (χ3v) is 4.37. The van der Waals surface area contributed by atoms with Crippen LogP contribution in [0.15, 0.2) is 18.3 Å². The van der Waals surface area contributed by atoms with E-state index in [1.54, 1.807) is 19.2 Å². The molecule has 0 N–H and O–H groups in total. The Kier molecular flexibility index (Phi) is 4.41. The van der Waals surface area contributed by atoms with Gasteiger partial charge in [-0.15, -0.1) is 0 Å². The molecule has 0 aromatic carbocycles. The van der Waals surface area contributed by atoms with Crippen molar-refractivity contribution in [2.24, 2.45) is 0 Å². The van der Waals surface area contributed by atoms with Crippen LogP contribution in [0.5, 0.6) is 0 Å². The van der Waals surface area contributed by atoms with E-state index in [4.69, 9.17) is 0 Å². The van der Waals surface area contributed by atoms with Crippen molar-refractivity contribution in [1.29, 1.82) is 0 Å². The zero-order chi connectivity index (χ0) is 16.4. The van der Waals surface area contributed by atoms with Crippen molar-refractivity contribution in [3.63, 3.8) is 0 Å². The number of carbonyl (C=O) groups excluding carboxylic acids is 1. The molecule has 1 aliphatic rings. The van der Waals surface area contributed by atoms with Crippen molar-refractivity contribution in [1.82, 2.24) is 24.6 Å². The summed E-state index contributed by atoms with van der Waals surface area (Å²) in [6.45, 7) is 7.39. The van der Waals surface area contributed by atoms with Gasteiger partial charge in [-0.05, 0) is 52.2 Å². The zero-order valence-electron chi connectivity index (χ0n) is 14.0. The van der Waals surface area contributed by atoms with Crippen LogP contribution in [0.3, 0.4) is 0 Å². The van der Waals surface area contributed by atoms with Crippen LogP contribution in [0.4, 0.5) is 0 Å². The fourth-order valence-electron chi connectivity index (χ4n) is 3.24. The molecule has 0 spiro atoms. The number of nitrogens with zero attached hydrogens (tertiary/aromatic N) is 5. The highest BCUT2D eigenvalue weighted by Gasteiger charge is 2.29. The van der Waals surface area contributed by atoms with Crippen LogP contribution in [0, 0.1) is 20.8 Å². The Labute approximate surface area is 136 Å². The third-order valence-electron chi connectivity index (χ3n) is 4.37. The first kappa shape index (κ1) is 15.6. The second kappa shape index (κ2) is 6.48. The summed E-state index contributed by atoms with van der Waals surface area (Å²) in [5.74, 6) is 0.629. The Balaban J connectivity index is 1.81. The van der Waals surface area contributed by atoms with Crippen molar-refractivity contribution in [2.45, 2.75) is 52.6 Å². The quantitative estimate of drug-likeness (QED) is 0.872. The van der Waals surface area contributed by atoms with Gasteiger partial charge < -0.3 is 4.90 Å². The lowest BCUT2D eigenvalue weighted by Crippen LogP contribution is -2.46. The molecule has 6 nitrogen and oxygen atoms in total. The van der Waals surface area contributed by atoms with Crippen LogP contribution in [0.25, 0.3) is 0 Å². The second-order valence-corrected chi connectivity index (χ2v) is 6.25. The highest BCUT2D eigenvalue weighted by molar-refractivity contribution is 5.92. The Morgan fingerprint density at radius 2 is 2.13 bits per heavy atom. The monoisotopic (exact) mass is 313 g/mol. The van der Waals surface area contributed by atoms with Gasteiger partial charge in [0.05, 0.1) is 18.3 Å². The van der Waals surface area contributed by atoms with Crippen LogP contribution in [0.1, 0.15) is 47.0 Å². The minimum Gasteiger partial charge on any atom is -0.332 e. The Bertz CT molecular complexity index is 709. The van der Waals surface area contributed by atoms with Crippen molar-refractivity contribution in [3.8, 4) is 0 Å². The number of hydrogen-bond acceptors (Lipinski definition) is 4. The number of rotatable bonds is 3. The molecule has 122 valence electrons. The molecule has 2 aromatic rings. The van der Waals surface area contributed by atoms with E-state index in [-0.39, 0.29) is 11.9 Å². The minimum atomic E-state index is 0.00160. The summed E-state index contributed by atoms with van der Waals surface area (Å²) in [6, 6.07) is 3.94. The van der Waals surface area contributed by atoms with Gasteiger partial charge in [0, 0.05) is 18.4 Å². The van der Waals surface area contributed by atoms with Gasteiger partial charge in [0.15, 0.2) is 0 Å². The van der Waals surface area contributed by atoms with Crippen molar-refractivity contribution < 1.29 is 4.79 Å². The van der Waals surface area contributed by atoms with Crippen LogP contribution < -0.4 is 0 Å². The van der Waals surface area contributed by atoms with E-state index in [0.29, 0.717) is 11.5 Å². The van der Waals surface area contributed by atoms with Gasteiger partial charge in [-0.25, -0.2) is 9.97 Å². The van der Waals surface area contributed by atoms with E-state index in [1.807, 2.05) is 16.5 Å². The predicted molar refractivity (Wildman–Crippen MR) is 87.1 cm³/mol. The summed E-state index contributed by atoms with van der Waals surface area (Å²) >= 11 is 0. The first-order valence-corrected chi connectivity index (χ1v) is 8.16. The van der Waals surface area contributed by atoms with Crippen LogP contribution in [0.2, 0.25) is 0 Å². The van der Waals surface area contributed by atoms with Gasteiger partial charge in [-0.2, -0.15) is 5.10 Å². The van der Waals surface area contributed by atoms with E-state index >= 15 is 0 Å². The highest BCUT2D eigenvalue weighted by atomic mass is 16.2. The van der Waals surface area contributed by atoms with Crippen molar-refractivity contribution in [2.75, 3.05) is 6.54 Å². The maximum Gasteiger partial charge on any atom is 0.272 e. The second-order valence-electron chi connectivity index (χ2n) is 6.25. The summed E-state index contributed by atoms with van der Waals surface area (Å²) < 4.78 is 2.01. The molecule has 6 heteroatoms. The molecule has 1 amide bonds. The lowest BCUT2D eigenvalue weighted by atomic mass is 10.0. The zero-order valence-corrected chi connectivity index (χ0v) is 14.0. The molecule has 0 radical (unpaired) electrons. The number of hydrogen-bond donors (Lipinski definition) is 0. The molecular weight excluding hydrogens is 290 g/mol. The fourth-order valence-corrected chi connectivity index (χ4v) is 3.24. The maximum atomic E-state index is 12.8. The molecule has 1 unspecified atom stereocenters. The molecule has 3 rings (SSSR count). The van der Waals surface area contributed by atoms with Crippen molar-refractivity contribution >= 4 is 5.91 Å². The van der Waals surface area contributed by atoms with Gasteiger partial charge in [0.2, 0.25) is 0 Å². The molecule has 2 aromatic heterocycles. The van der Waals surface area contributed by atoms with E-state index in [1.165, 1.54) is 0 Å². The maximum absolute atomic E-state index is 12.8. The van der Waals surface area contributed by atoms with Gasteiger partial charge in [-0.3, -0.25) is 9.48 Å². The van der Waals surface area contributed by atoms with Crippen LogP contribution >= 0.6 is 0 Å². The normalized spacial score (nSPS) is 18.2. The Hall–Kier alpha value is -2.24. The molecule has 23 heavy (non-hydrogen) atoms. The topological polar surface area (TPSA) is 63.9 Å². The van der Waals surface area contributed by atoms with Crippen LogP contribution in [-0.4, -0.2) is 43.1 Å². The summed E-state index contributed by atoms with van der Waals surface area (Å²) in [5, 5.41) is 4.54. The summed E-state index contributed by atoms with van der Waals surface area (Å²) in [6.07, 6.45) is 4.85. The third kappa shape index (κ3) is 3.41. The molecular formula is C17H23N5O. The summed E-state index contributed by atoms with van der Waals surface area (Å²) in [5.41, 5.74) is 2.64. The average molecular weight is 313 g/mol. The summed E-state index contributed by atoms with van der Waals surface area (Å²) in [7, 11) is 0. The van der Waals surface area contributed by atoms with E-state index in [2.05, 4.69) is 28.1 Å². The largest absolute Gasteiger partial charge is 0.332 e. The van der Waals surface area contributed by atoms with E-state index in [9.17, 15) is 4.79 Å². The minimum absolute atomic E-state index is 0.00160. The molecule has 1 atom stereocenters. The van der Waals surface area contributed by atoms with E-state index < -0.39 is 0 Å².